The molecule has 9 nitrogen and oxygen atoms in total. The number of aromatic nitrogens is 3. The van der Waals surface area contributed by atoms with Crippen molar-refractivity contribution in [1.82, 2.24) is 24.9 Å². The number of hydrogen-bond donors (Lipinski definition) is 3. The van der Waals surface area contributed by atoms with Crippen molar-refractivity contribution in [2.24, 2.45) is 5.84 Å². The standard InChI is InChI=1S/C11H22N8O/c1-8(2)20-11-14-9(16-12)13-10(15-11)17-19-6-4-18(3)5-7-19/h8H,4-7,12H2,1-3H3,(H2,13,14,15,16,17). The van der Waals surface area contributed by atoms with Gasteiger partial charge in [0.2, 0.25) is 11.9 Å². The van der Waals surface area contributed by atoms with Gasteiger partial charge < -0.3 is 9.64 Å². The van der Waals surface area contributed by atoms with Gasteiger partial charge in [-0.1, -0.05) is 0 Å². The van der Waals surface area contributed by atoms with E-state index in [0.29, 0.717) is 5.95 Å². The largest absolute Gasteiger partial charge is 0.461 e. The number of hydrogen-bond acceptors (Lipinski definition) is 9. The van der Waals surface area contributed by atoms with Crippen LogP contribution in [0.4, 0.5) is 11.9 Å². The molecule has 112 valence electrons. The number of piperazine rings is 1. The third-order valence-electron chi connectivity index (χ3n) is 2.85. The van der Waals surface area contributed by atoms with Crippen LogP contribution in [0.15, 0.2) is 0 Å². The summed E-state index contributed by atoms with van der Waals surface area (Å²) >= 11 is 0. The number of nitrogens with two attached hydrogens (primary N) is 1. The van der Waals surface area contributed by atoms with Crippen LogP contribution in [0.25, 0.3) is 0 Å². The highest BCUT2D eigenvalue weighted by molar-refractivity contribution is 5.34. The normalized spacial score (nSPS) is 17.2. The SMILES string of the molecule is CC(C)Oc1nc(NN)nc(NN2CCN(C)CC2)n1. The van der Waals surface area contributed by atoms with E-state index in [9.17, 15) is 0 Å². The second-order valence-electron chi connectivity index (χ2n) is 4.98. The van der Waals surface area contributed by atoms with E-state index in [0.717, 1.165) is 26.2 Å². The average Bonchev–Trinajstić information content (AvgIpc) is 2.40. The summed E-state index contributed by atoms with van der Waals surface area (Å²) in [6, 6.07) is 0.250. The first-order valence-electron chi connectivity index (χ1n) is 6.66. The van der Waals surface area contributed by atoms with Gasteiger partial charge in [0, 0.05) is 26.2 Å². The summed E-state index contributed by atoms with van der Waals surface area (Å²) in [6.45, 7) is 7.60. The van der Waals surface area contributed by atoms with Crippen LogP contribution in [0.5, 0.6) is 6.01 Å². The van der Waals surface area contributed by atoms with Crippen molar-refractivity contribution < 1.29 is 4.74 Å². The first kappa shape index (κ1) is 14.7. The molecule has 9 heteroatoms. The zero-order valence-corrected chi connectivity index (χ0v) is 12.1. The van der Waals surface area contributed by atoms with Crippen molar-refractivity contribution in [2.45, 2.75) is 20.0 Å². The van der Waals surface area contributed by atoms with E-state index in [1.54, 1.807) is 0 Å². The van der Waals surface area contributed by atoms with Gasteiger partial charge in [-0.15, -0.1) is 0 Å². The van der Waals surface area contributed by atoms with Gasteiger partial charge in [0.1, 0.15) is 0 Å². The molecule has 0 unspecified atom stereocenters. The number of hydrazine groups is 2. The second kappa shape index (κ2) is 6.64. The van der Waals surface area contributed by atoms with Crippen molar-refractivity contribution in [3.05, 3.63) is 0 Å². The molecule has 1 aliphatic heterocycles. The topological polar surface area (TPSA) is 104 Å². The third-order valence-corrected chi connectivity index (χ3v) is 2.85. The number of anilines is 2. The molecule has 0 aromatic carbocycles. The van der Waals surface area contributed by atoms with E-state index in [-0.39, 0.29) is 18.1 Å². The van der Waals surface area contributed by atoms with E-state index >= 15 is 0 Å². The van der Waals surface area contributed by atoms with E-state index in [1.165, 1.54) is 0 Å². The maximum Gasteiger partial charge on any atom is 0.323 e. The highest BCUT2D eigenvalue weighted by atomic mass is 16.5. The average molecular weight is 282 g/mol. The van der Waals surface area contributed by atoms with E-state index in [2.05, 4.69) is 42.8 Å². The lowest BCUT2D eigenvalue weighted by atomic mass is 10.4. The summed E-state index contributed by atoms with van der Waals surface area (Å²) in [4.78, 5) is 14.7. The molecular formula is C11H22N8O. The molecule has 2 rings (SSSR count). The van der Waals surface area contributed by atoms with E-state index in [4.69, 9.17) is 10.6 Å². The molecule has 1 aliphatic rings. The van der Waals surface area contributed by atoms with Gasteiger partial charge in [0.25, 0.3) is 0 Å². The Hall–Kier alpha value is -1.71. The number of likely N-dealkylation sites (N-methyl/N-ethyl adjacent to an activating group) is 1. The molecule has 0 aliphatic carbocycles. The Morgan fingerprint density at radius 1 is 1.10 bits per heavy atom. The third kappa shape index (κ3) is 4.15. The van der Waals surface area contributed by atoms with Crippen molar-refractivity contribution in [2.75, 3.05) is 44.1 Å². The van der Waals surface area contributed by atoms with Gasteiger partial charge in [-0.3, -0.25) is 10.9 Å². The molecule has 1 aromatic heterocycles. The van der Waals surface area contributed by atoms with E-state index < -0.39 is 0 Å². The molecule has 1 fully saturated rings. The zero-order valence-electron chi connectivity index (χ0n) is 12.1. The molecular weight excluding hydrogens is 260 g/mol. The van der Waals surface area contributed by atoms with Crippen molar-refractivity contribution in [3.63, 3.8) is 0 Å². The predicted octanol–water partition coefficient (Wildman–Crippen LogP) is -0.481. The monoisotopic (exact) mass is 282 g/mol. The molecule has 1 saturated heterocycles. The van der Waals surface area contributed by atoms with E-state index in [1.807, 2.05) is 13.8 Å². The van der Waals surface area contributed by atoms with Gasteiger partial charge in [-0.05, 0) is 20.9 Å². The molecule has 0 amide bonds. The molecule has 0 atom stereocenters. The highest BCUT2D eigenvalue weighted by Gasteiger charge is 2.16. The number of nitrogen functional groups attached to an aromatic ring is 1. The molecule has 20 heavy (non-hydrogen) atoms. The minimum atomic E-state index is -0.0143. The lowest BCUT2D eigenvalue weighted by Crippen LogP contribution is -2.47. The number of nitrogens with zero attached hydrogens (tertiary/aromatic N) is 5. The number of nitrogens with one attached hydrogen (secondary N) is 2. The fraction of sp³-hybridized carbons (Fsp3) is 0.727. The highest BCUT2D eigenvalue weighted by Crippen LogP contribution is 2.13. The Morgan fingerprint density at radius 2 is 1.75 bits per heavy atom. The number of rotatable bonds is 5. The van der Waals surface area contributed by atoms with Crippen LogP contribution in [0, 0.1) is 0 Å². The maximum atomic E-state index is 5.48. The minimum Gasteiger partial charge on any atom is -0.461 e. The molecule has 0 spiro atoms. The Labute approximate surface area is 118 Å². The van der Waals surface area contributed by atoms with Crippen LogP contribution in [-0.2, 0) is 0 Å². The van der Waals surface area contributed by atoms with Crippen molar-refractivity contribution in [1.29, 1.82) is 0 Å². The molecule has 4 N–H and O–H groups in total. The van der Waals surface area contributed by atoms with Gasteiger partial charge in [-0.2, -0.15) is 15.0 Å². The number of ether oxygens (including phenoxy) is 1. The lowest BCUT2D eigenvalue weighted by Gasteiger charge is -2.32. The predicted molar refractivity (Wildman–Crippen MR) is 76.1 cm³/mol. The second-order valence-corrected chi connectivity index (χ2v) is 4.98. The summed E-state index contributed by atoms with van der Waals surface area (Å²) in [5.74, 6) is 6.06. The fourth-order valence-corrected chi connectivity index (χ4v) is 1.79. The quantitative estimate of drug-likeness (QED) is 0.487. The smallest absolute Gasteiger partial charge is 0.323 e. The summed E-state index contributed by atoms with van der Waals surface area (Å²) in [6.07, 6.45) is -0.0143. The van der Waals surface area contributed by atoms with Crippen LogP contribution in [0.3, 0.4) is 0 Å². The van der Waals surface area contributed by atoms with Crippen LogP contribution in [0.2, 0.25) is 0 Å². The van der Waals surface area contributed by atoms with Gasteiger partial charge >= 0.3 is 6.01 Å². The van der Waals surface area contributed by atoms with Crippen molar-refractivity contribution in [3.8, 4) is 6.01 Å². The first-order valence-corrected chi connectivity index (χ1v) is 6.66. The van der Waals surface area contributed by atoms with Crippen LogP contribution < -0.4 is 21.4 Å². The zero-order chi connectivity index (χ0) is 14.5. The van der Waals surface area contributed by atoms with Crippen LogP contribution in [0.1, 0.15) is 13.8 Å². The summed E-state index contributed by atoms with van der Waals surface area (Å²) in [7, 11) is 2.10. The van der Waals surface area contributed by atoms with Gasteiger partial charge in [0.15, 0.2) is 0 Å². The molecule has 0 saturated carbocycles. The molecule has 0 radical (unpaired) electrons. The fourth-order valence-electron chi connectivity index (χ4n) is 1.79. The maximum absolute atomic E-state index is 5.48. The summed E-state index contributed by atoms with van der Waals surface area (Å²) < 4.78 is 5.48. The molecule has 2 heterocycles. The Morgan fingerprint density at radius 3 is 2.35 bits per heavy atom. The lowest BCUT2D eigenvalue weighted by molar-refractivity contribution is 0.177. The Balaban J connectivity index is 2.06. The Bertz CT molecular complexity index is 432. The van der Waals surface area contributed by atoms with Gasteiger partial charge in [-0.25, -0.2) is 10.9 Å². The minimum absolute atomic E-state index is 0.0143. The first-order chi connectivity index (χ1) is 9.56. The molecule has 1 aromatic rings. The van der Waals surface area contributed by atoms with Gasteiger partial charge in [0.05, 0.1) is 6.10 Å². The summed E-state index contributed by atoms with van der Waals surface area (Å²) in [5.41, 5.74) is 5.57. The summed E-state index contributed by atoms with van der Waals surface area (Å²) in [5, 5.41) is 2.06. The van der Waals surface area contributed by atoms with Crippen molar-refractivity contribution >= 4 is 11.9 Å². The van der Waals surface area contributed by atoms with Crippen LogP contribution in [-0.4, -0.2) is 64.2 Å². The van der Waals surface area contributed by atoms with Crippen LogP contribution >= 0.6 is 0 Å². The Kier molecular flexibility index (Phi) is 4.88. The molecule has 0 bridgehead atoms.